The summed E-state index contributed by atoms with van der Waals surface area (Å²) in [5.74, 6) is -0.495. The van der Waals surface area contributed by atoms with Gasteiger partial charge in [-0.2, -0.15) is 0 Å². The van der Waals surface area contributed by atoms with E-state index in [0.717, 1.165) is 5.56 Å². The molecule has 4 nitrogen and oxygen atoms in total. The van der Waals surface area contributed by atoms with E-state index in [4.69, 9.17) is 4.84 Å². The monoisotopic (exact) mass is 380 g/mol. The molecular weight excluding hydrogens is 355 g/mol. The van der Waals surface area contributed by atoms with Gasteiger partial charge in [-0.05, 0) is 18.1 Å². The molecule has 1 amide bonds. The molecule has 0 spiro atoms. The maximum Gasteiger partial charge on any atom is 0.230 e. The van der Waals surface area contributed by atoms with Gasteiger partial charge in [0.25, 0.3) is 0 Å². The molecule has 28 heavy (non-hydrogen) atoms. The van der Waals surface area contributed by atoms with Crippen LogP contribution >= 0.6 is 0 Å². The lowest BCUT2D eigenvalue weighted by Crippen LogP contribution is -2.40. The van der Waals surface area contributed by atoms with Gasteiger partial charge in [-0.25, -0.2) is 4.39 Å². The highest BCUT2D eigenvalue weighted by Gasteiger charge is 2.30. The van der Waals surface area contributed by atoms with Gasteiger partial charge in [0.2, 0.25) is 5.91 Å². The van der Waals surface area contributed by atoms with Crippen molar-refractivity contribution in [1.29, 1.82) is 0 Å². The van der Waals surface area contributed by atoms with Crippen LogP contribution in [-0.2, 0) is 9.63 Å². The predicted octanol–water partition coefficient (Wildman–Crippen LogP) is 4.53. The predicted molar refractivity (Wildman–Crippen MR) is 109 cm³/mol. The number of oxime groups is 1. The van der Waals surface area contributed by atoms with Crippen molar-refractivity contribution in [3.05, 3.63) is 84.2 Å². The normalized spacial score (nSPS) is 16.8. The van der Waals surface area contributed by atoms with E-state index in [2.05, 4.69) is 11.7 Å². The summed E-state index contributed by atoms with van der Waals surface area (Å²) in [5, 5.41) is 4.06. The van der Waals surface area contributed by atoms with Crippen molar-refractivity contribution in [3.63, 3.8) is 0 Å². The Morgan fingerprint density at radius 1 is 1.29 bits per heavy atom. The number of carbonyl (C=O) groups is 1. The zero-order valence-corrected chi connectivity index (χ0v) is 16.1. The molecule has 3 rings (SSSR count). The first-order chi connectivity index (χ1) is 13.6. The maximum absolute atomic E-state index is 14.0. The SMILES string of the molecule is C=CCN(C[C@@H]1CC(c2ccccc2F)=NO1)C(=O)[C@H](CC)c1ccccc1. The topological polar surface area (TPSA) is 41.9 Å². The zero-order valence-electron chi connectivity index (χ0n) is 16.1. The second kappa shape index (κ2) is 9.31. The summed E-state index contributed by atoms with van der Waals surface area (Å²) in [4.78, 5) is 20.4. The van der Waals surface area contributed by atoms with Crippen LogP contribution in [0.15, 0.2) is 72.4 Å². The maximum atomic E-state index is 14.0. The Kier molecular flexibility index (Phi) is 6.58. The second-order valence-corrected chi connectivity index (χ2v) is 6.85. The first kappa shape index (κ1) is 19.8. The summed E-state index contributed by atoms with van der Waals surface area (Å²) in [6, 6.07) is 16.3. The van der Waals surface area contributed by atoms with Gasteiger partial charge in [0.05, 0.1) is 18.2 Å². The minimum Gasteiger partial charge on any atom is -0.390 e. The van der Waals surface area contributed by atoms with Gasteiger partial charge in [-0.1, -0.05) is 66.7 Å². The number of benzene rings is 2. The molecule has 2 atom stereocenters. The quantitative estimate of drug-likeness (QED) is 0.632. The third-order valence-electron chi connectivity index (χ3n) is 4.91. The van der Waals surface area contributed by atoms with Crippen LogP contribution in [-0.4, -0.2) is 35.7 Å². The molecular formula is C23H25FN2O2. The lowest BCUT2D eigenvalue weighted by molar-refractivity contribution is -0.134. The van der Waals surface area contributed by atoms with Crippen molar-refractivity contribution in [3.8, 4) is 0 Å². The first-order valence-corrected chi connectivity index (χ1v) is 9.56. The largest absolute Gasteiger partial charge is 0.390 e. The highest BCUT2D eigenvalue weighted by Crippen LogP contribution is 2.24. The number of hydrogen-bond acceptors (Lipinski definition) is 3. The molecule has 1 aliphatic heterocycles. The number of amides is 1. The minimum atomic E-state index is -0.320. The van der Waals surface area contributed by atoms with E-state index in [-0.39, 0.29) is 23.7 Å². The summed E-state index contributed by atoms with van der Waals surface area (Å²) in [6.45, 7) is 6.60. The van der Waals surface area contributed by atoms with Crippen LogP contribution in [0.5, 0.6) is 0 Å². The van der Waals surface area contributed by atoms with Crippen molar-refractivity contribution in [2.24, 2.45) is 5.16 Å². The molecule has 0 unspecified atom stereocenters. The summed E-state index contributed by atoms with van der Waals surface area (Å²) >= 11 is 0. The Morgan fingerprint density at radius 3 is 2.68 bits per heavy atom. The van der Waals surface area contributed by atoms with Crippen LogP contribution in [0.3, 0.4) is 0 Å². The number of carbonyl (C=O) groups excluding carboxylic acids is 1. The lowest BCUT2D eigenvalue weighted by Gasteiger charge is -2.27. The Bertz CT molecular complexity index is 851. The molecule has 0 bridgehead atoms. The summed E-state index contributed by atoms with van der Waals surface area (Å²) in [7, 11) is 0. The molecule has 0 aromatic heterocycles. The van der Waals surface area contributed by atoms with Crippen LogP contribution in [0.25, 0.3) is 0 Å². The average Bonchev–Trinajstić information content (AvgIpc) is 3.17. The molecule has 0 N–H and O–H groups in total. The van der Waals surface area contributed by atoms with Gasteiger partial charge in [0.1, 0.15) is 5.82 Å². The molecule has 0 saturated carbocycles. The molecule has 0 aliphatic carbocycles. The number of rotatable bonds is 8. The summed E-state index contributed by atoms with van der Waals surface area (Å²) in [5.41, 5.74) is 2.02. The lowest BCUT2D eigenvalue weighted by atomic mass is 9.94. The van der Waals surface area contributed by atoms with E-state index < -0.39 is 0 Å². The molecule has 0 radical (unpaired) electrons. The highest BCUT2D eigenvalue weighted by molar-refractivity contribution is 6.01. The first-order valence-electron chi connectivity index (χ1n) is 9.56. The minimum absolute atomic E-state index is 0.0385. The van der Waals surface area contributed by atoms with Crippen LogP contribution in [0.2, 0.25) is 0 Å². The molecule has 0 fully saturated rings. The summed E-state index contributed by atoms with van der Waals surface area (Å²) < 4.78 is 14.0. The van der Waals surface area contributed by atoms with Crippen molar-refractivity contribution in [1.82, 2.24) is 4.90 Å². The smallest absolute Gasteiger partial charge is 0.230 e. The average molecular weight is 380 g/mol. The Balaban J connectivity index is 1.69. The van der Waals surface area contributed by atoms with Crippen molar-refractivity contribution in [2.45, 2.75) is 31.8 Å². The Hall–Kier alpha value is -2.95. The fraction of sp³-hybridized carbons (Fsp3) is 0.304. The van der Waals surface area contributed by atoms with Gasteiger partial charge in [0.15, 0.2) is 6.10 Å². The van der Waals surface area contributed by atoms with Crippen LogP contribution in [0.4, 0.5) is 4.39 Å². The Labute approximate surface area is 165 Å². The molecule has 2 aromatic carbocycles. The Morgan fingerprint density at radius 2 is 2.00 bits per heavy atom. The standard InChI is InChI=1S/C23H25FN2O2/c1-3-14-26(23(27)19(4-2)17-10-6-5-7-11-17)16-18-15-22(25-28-18)20-12-8-9-13-21(20)24/h3,5-13,18-19H,1,4,14-16H2,2H3/t18-,19+/m0/s1. The molecule has 2 aromatic rings. The highest BCUT2D eigenvalue weighted by atomic mass is 19.1. The zero-order chi connectivity index (χ0) is 19.9. The van der Waals surface area contributed by atoms with Crippen molar-refractivity contribution < 1.29 is 14.0 Å². The molecule has 1 aliphatic rings. The van der Waals surface area contributed by atoms with Crippen LogP contribution in [0, 0.1) is 5.82 Å². The van der Waals surface area contributed by atoms with Gasteiger partial charge in [0, 0.05) is 18.5 Å². The van der Waals surface area contributed by atoms with E-state index in [0.29, 0.717) is 37.2 Å². The molecule has 1 heterocycles. The summed E-state index contributed by atoms with van der Waals surface area (Å²) in [6.07, 6.45) is 2.58. The van der Waals surface area contributed by atoms with Gasteiger partial charge in [-0.15, -0.1) is 6.58 Å². The number of hydrogen-bond donors (Lipinski definition) is 0. The van der Waals surface area contributed by atoms with Crippen molar-refractivity contribution >= 4 is 11.6 Å². The van der Waals surface area contributed by atoms with E-state index in [1.165, 1.54) is 6.07 Å². The van der Waals surface area contributed by atoms with Crippen LogP contribution < -0.4 is 0 Å². The van der Waals surface area contributed by atoms with Crippen molar-refractivity contribution in [2.75, 3.05) is 13.1 Å². The van der Waals surface area contributed by atoms with E-state index in [1.54, 1.807) is 29.2 Å². The molecule has 146 valence electrons. The van der Waals surface area contributed by atoms with E-state index >= 15 is 0 Å². The third kappa shape index (κ3) is 4.47. The third-order valence-corrected chi connectivity index (χ3v) is 4.91. The fourth-order valence-electron chi connectivity index (χ4n) is 3.50. The number of halogens is 1. The van der Waals surface area contributed by atoms with Gasteiger partial charge in [-0.3, -0.25) is 4.79 Å². The molecule has 0 saturated heterocycles. The van der Waals surface area contributed by atoms with E-state index in [9.17, 15) is 9.18 Å². The van der Waals surface area contributed by atoms with Crippen LogP contribution in [0.1, 0.15) is 36.8 Å². The molecule has 5 heteroatoms. The van der Waals surface area contributed by atoms with E-state index in [1.807, 2.05) is 37.3 Å². The fourth-order valence-corrected chi connectivity index (χ4v) is 3.50. The van der Waals surface area contributed by atoms with Gasteiger partial charge >= 0.3 is 0 Å². The second-order valence-electron chi connectivity index (χ2n) is 6.85. The van der Waals surface area contributed by atoms with Gasteiger partial charge < -0.3 is 9.74 Å². The number of nitrogens with zero attached hydrogens (tertiary/aromatic N) is 2.